The number of aromatic nitrogens is 3. The van der Waals surface area contributed by atoms with Crippen LogP contribution in [0.25, 0.3) is 22.0 Å². The SMILES string of the molecule is CPN(C)c1nc(-c2cnccc2CO)cc2cc(N)ncc12. The summed E-state index contributed by atoms with van der Waals surface area (Å²) in [5, 5.41) is 11.5. The molecular weight excluding hydrogens is 309 g/mol. The summed E-state index contributed by atoms with van der Waals surface area (Å²) in [7, 11) is 2.56. The Hall–Kier alpha value is -2.30. The maximum atomic E-state index is 9.57. The largest absolute Gasteiger partial charge is 0.392 e. The van der Waals surface area contributed by atoms with E-state index in [4.69, 9.17) is 10.7 Å². The Balaban J connectivity index is 2.29. The summed E-state index contributed by atoms with van der Waals surface area (Å²) in [6, 6.07) is 5.60. The first-order valence-corrected chi connectivity index (χ1v) is 8.60. The number of aliphatic hydroxyl groups is 1. The number of pyridine rings is 3. The molecule has 0 aliphatic rings. The van der Waals surface area contributed by atoms with Crippen molar-refractivity contribution in [1.82, 2.24) is 15.0 Å². The van der Waals surface area contributed by atoms with Gasteiger partial charge in [0.15, 0.2) is 0 Å². The van der Waals surface area contributed by atoms with E-state index in [2.05, 4.69) is 21.3 Å². The van der Waals surface area contributed by atoms with Crippen LogP contribution in [0.3, 0.4) is 0 Å². The Morgan fingerprint density at radius 1 is 1.30 bits per heavy atom. The maximum absolute atomic E-state index is 9.57. The van der Waals surface area contributed by atoms with Crippen LogP contribution in [-0.2, 0) is 6.61 Å². The molecule has 3 N–H and O–H groups in total. The van der Waals surface area contributed by atoms with Gasteiger partial charge in [-0.15, -0.1) is 0 Å². The molecule has 0 aliphatic heterocycles. The highest BCUT2D eigenvalue weighted by Gasteiger charge is 2.13. The van der Waals surface area contributed by atoms with Crippen LogP contribution in [0.15, 0.2) is 36.8 Å². The third kappa shape index (κ3) is 2.96. The van der Waals surface area contributed by atoms with Crippen LogP contribution < -0.4 is 10.4 Å². The lowest BCUT2D eigenvalue weighted by Gasteiger charge is -2.19. The van der Waals surface area contributed by atoms with E-state index in [9.17, 15) is 5.11 Å². The summed E-state index contributed by atoms with van der Waals surface area (Å²) in [5.74, 6) is 1.31. The number of hydrogen-bond acceptors (Lipinski definition) is 6. The fraction of sp³-hybridized carbons (Fsp3) is 0.188. The monoisotopic (exact) mass is 327 g/mol. The molecule has 0 fully saturated rings. The first kappa shape index (κ1) is 15.6. The molecule has 1 unspecified atom stereocenters. The first-order valence-electron chi connectivity index (χ1n) is 7.15. The quantitative estimate of drug-likeness (QED) is 0.716. The maximum Gasteiger partial charge on any atom is 0.141 e. The fourth-order valence-electron chi connectivity index (χ4n) is 2.44. The molecule has 6 nitrogen and oxygen atoms in total. The van der Waals surface area contributed by atoms with E-state index >= 15 is 0 Å². The van der Waals surface area contributed by atoms with Crippen LogP contribution in [0.5, 0.6) is 0 Å². The summed E-state index contributed by atoms with van der Waals surface area (Å²) in [4.78, 5) is 13.1. The van der Waals surface area contributed by atoms with Crippen LogP contribution in [-0.4, -0.2) is 33.8 Å². The van der Waals surface area contributed by atoms with Crippen molar-refractivity contribution >= 4 is 31.1 Å². The molecule has 0 radical (unpaired) electrons. The smallest absolute Gasteiger partial charge is 0.141 e. The minimum atomic E-state index is -0.0588. The third-order valence-corrected chi connectivity index (χ3v) is 4.61. The molecular formula is C16H18N5OP. The summed E-state index contributed by atoms with van der Waals surface area (Å²) in [6.07, 6.45) is 5.14. The van der Waals surface area contributed by atoms with E-state index in [0.29, 0.717) is 14.5 Å². The van der Waals surface area contributed by atoms with Gasteiger partial charge in [-0.3, -0.25) is 4.98 Å². The highest BCUT2D eigenvalue weighted by atomic mass is 31.1. The van der Waals surface area contributed by atoms with Gasteiger partial charge in [0.25, 0.3) is 0 Å². The van der Waals surface area contributed by atoms with E-state index in [1.807, 2.05) is 19.2 Å². The second-order valence-electron chi connectivity index (χ2n) is 5.13. The number of nitrogens with zero attached hydrogens (tertiary/aromatic N) is 4. The van der Waals surface area contributed by atoms with Crippen LogP contribution in [0, 0.1) is 0 Å². The lowest BCUT2D eigenvalue weighted by Crippen LogP contribution is -2.08. The number of hydrogen-bond donors (Lipinski definition) is 2. The topological polar surface area (TPSA) is 88.2 Å². The zero-order chi connectivity index (χ0) is 16.4. The Morgan fingerprint density at radius 2 is 2.13 bits per heavy atom. The van der Waals surface area contributed by atoms with Gasteiger partial charge in [0, 0.05) is 36.6 Å². The normalized spacial score (nSPS) is 11.4. The molecule has 1 atom stereocenters. The number of anilines is 2. The lowest BCUT2D eigenvalue weighted by atomic mass is 10.0. The van der Waals surface area contributed by atoms with Crippen molar-refractivity contribution in [3.05, 3.63) is 42.4 Å². The van der Waals surface area contributed by atoms with E-state index < -0.39 is 0 Å². The highest BCUT2D eigenvalue weighted by molar-refractivity contribution is 7.39. The Morgan fingerprint density at radius 3 is 2.87 bits per heavy atom. The van der Waals surface area contributed by atoms with Crippen molar-refractivity contribution in [3.63, 3.8) is 0 Å². The molecule has 3 aromatic heterocycles. The Labute approximate surface area is 136 Å². The van der Waals surface area contributed by atoms with Crippen molar-refractivity contribution in [3.8, 4) is 11.3 Å². The minimum absolute atomic E-state index is 0.0588. The summed E-state index contributed by atoms with van der Waals surface area (Å²) in [5.41, 5.74) is 8.21. The molecule has 3 heterocycles. The van der Waals surface area contributed by atoms with Crippen LogP contribution in [0.1, 0.15) is 5.56 Å². The summed E-state index contributed by atoms with van der Waals surface area (Å²) in [6.45, 7) is 2.03. The van der Waals surface area contributed by atoms with Gasteiger partial charge in [-0.05, 0) is 44.5 Å². The molecule has 3 rings (SSSR count). The minimum Gasteiger partial charge on any atom is -0.392 e. The molecule has 0 amide bonds. The van der Waals surface area contributed by atoms with E-state index in [-0.39, 0.29) is 6.61 Å². The van der Waals surface area contributed by atoms with Crippen molar-refractivity contribution < 1.29 is 5.11 Å². The van der Waals surface area contributed by atoms with E-state index in [1.165, 1.54) is 0 Å². The predicted octanol–water partition coefficient (Wildman–Crippen LogP) is 2.43. The van der Waals surface area contributed by atoms with Crippen LogP contribution >= 0.6 is 8.73 Å². The molecule has 7 heteroatoms. The van der Waals surface area contributed by atoms with Gasteiger partial charge in [-0.25, -0.2) is 9.97 Å². The molecule has 0 aliphatic carbocycles. The Kier molecular flexibility index (Phi) is 4.37. The van der Waals surface area contributed by atoms with Gasteiger partial charge < -0.3 is 15.5 Å². The molecule has 118 valence electrons. The molecule has 0 saturated carbocycles. The van der Waals surface area contributed by atoms with Crippen LogP contribution in [0.4, 0.5) is 11.6 Å². The molecule has 3 aromatic rings. The second-order valence-corrected chi connectivity index (χ2v) is 6.25. The highest BCUT2D eigenvalue weighted by Crippen LogP contribution is 2.33. The second kappa shape index (κ2) is 6.44. The van der Waals surface area contributed by atoms with Gasteiger partial charge in [-0.2, -0.15) is 0 Å². The van der Waals surface area contributed by atoms with Crippen molar-refractivity contribution in [2.75, 3.05) is 24.1 Å². The van der Waals surface area contributed by atoms with Gasteiger partial charge in [-0.1, -0.05) is 0 Å². The predicted molar refractivity (Wildman–Crippen MR) is 95.7 cm³/mol. The number of aliphatic hydroxyl groups excluding tert-OH is 1. The Bertz CT molecular complexity index is 855. The number of nitrogens with two attached hydrogens (primary N) is 1. The average Bonchev–Trinajstić information content (AvgIpc) is 2.59. The first-order chi connectivity index (χ1) is 11.1. The van der Waals surface area contributed by atoms with Gasteiger partial charge in [0.1, 0.15) is 11.6 Å². The molecule has 23 heavy (non-hydrogen) atoms. The van der Waals surface area contributed by atoms with Gasteiger partial charge in [0.2, 0.25) is 0 Å². The zero-order valence-electron chi connectivity index (χ0n) is 13.0. The van der Waals surface area contributed by atoms with Gasteiger partial charge >= 0.3 is 0 Å². The van der Waals surface area contributed by atoms with E-state index in [0.717, 1.165) is 33.4 Å². The molecule has 0 spiro atoms. The lowest BCUT2D eigenvalue weighted by molar-refractivity contribution is 0.282. The van der Waals surface area contributed by atoms with Gasteiger partial charge in [0.05, 0.1) is 12.3 Å². The molecule has 0 saturated heterocycles. The molecule has 0 bridgehead atoms. The third-order valence-electron chi connectivity index (χ3n) is 3.73. The fourth-order valence-corrected chi connectivity index (χ4v) is 2.82. The number of rotatable bonds is 4. The number of fused-ring (bicyclic) bond motifs is 1. The zero-order valence-corrected chi connectivity index (χ0v) is 14.0. The van der Waals surface area contributed by atoms with Crippen molar-refractivity contribution in [1.29, 1.82) is 0 Å². The summed E-state index contributed by atoms with van der Waals surface area (Å²) < 4.78 is 2.08. The molecule has 0 aromatic carbocycles. The standard InChI is InChI=1S/C16H18N5OP/c1-21(23-2)16-13-8-19-15(17)6-11(13)5-14(20-16)12-7-18-4-3-10(12)9-22/h3-8,22-23H,9H2,1-2H3,(H2,17,19). The summed E-state index contributed by atoms with van der Waals surface area (Å²) >= 11 is 0. The van der Waals surface area contributed by atoms with Crippen molar-refractivity contribution in [2.24, 2.45) is 0 Å². The van der Waals surface area contributed by atoms with Crippen molar-refractivity contribution in [2.45, 2.75) is 6.61 Å². The van der Waals surface area contributed by atoms with E-state index in [1.54, 1.807) is 24.7 Å². The van der Waals surface area contributed by atoms with Crippen LogP contribution in [0.2, 0.25) is 0 Å². The number of nitrogen functional groups attached to an aromatic ring is 1. The average molecular weight is 327 g/mol.